The van der Waals surface area contributed by atoms with Crippen LogP contribution in [0.3, 0.4) is 0 Å². The number of rotatable bonds is 3. The number of nitrogens with one attached hydrogen (secondary N) is 1. The van der Waals surface area contributed by atoms with Gasteiger partial charge in [-0.05, 0) is 36.4 Å². The lowest BCUT2D eigenvalue weighted by molar-refractivity contribution is 0.102. The molecule has 0 saturated heterocycles. The molecule has 0 aliphatic rings. The van der Waals surface area contributed by atoms with Crippen LogP contribution in [0.15, 0.2) is 72.8 Å². The highest BCUT2D eigenvalue weighted by Crippen LogP contribution is 2.30. The second-order valence-electron chi connectivity index (χ2n) is 6.69. The maximum absolute atomic E-state index is 12.7. The van der Waals surface area contributed by atoms with E-state index in [9.17, 15) is 4.79 Å². The van der Waals surface area contributed by atoms with Crippen molar-refractivity contribution in [2.24, 2.45) is 0 Å². The number of para-hydroxylation sites is 2. The van der Waals surface area contributed by atoms with Crippen molar-refractivity contribution in [3.63, 3.8) is 0 Å². The first-order valence-electron chi connectivity index (χ1n) is 9.18. The first-order chi connectivity index (χ1) is 14.6. The lowest BCUT2D eigenvalue weighted by atomic mass is 10.1. The lowest BCUT2D eigenvalue weighted by Gasteiger charge is -2.11. The molecule has 0 bridgehead atoms. The summed E-state index contributed by atoms with van der Waals surface area (Å²) < 4.78 is 1.49. The number of hydrogen-bond donors (Lipinski definition) is 2. The van der Waals surface area contributed by atoms with Gasteiger partial charge in [-0.15, -0.1) is 5.10 Å². The molecule has 1 amide bonds. The molecule has 146 valence electrons. The zero-order chi connectivity index (χ0) is 20.7. The number of nitrogens with zero attached hydrogens (tertiary/aromatic N) is 4. The minimum absolute atomic E-state index is 0.0370. The topological polar surface area (TPSA) is 98.7 Å². The van der Waals surface area contributed by atoms with Crippen LogP contribution in [0.5, 0.6) is 0 Å². The van der Waals surface area contributed by atoms with E-state index >= 15 is 0 Å². The molecule has 0 spiro atoms. The number of halogens is 1. The van der Waals surface area contributed by atoms with Gasteiger partial charge in [-0.2, -0.15) is 4.68 Å². The smallest absolute Gasteiger partial charge is 0.280 e. The number of carbonyl (C=O) groups excluding carboxylic acids is 1. The van der Waals surface area contributed by atoms with Crippen molar-refractivity contribution in [1.82, 2.24) is 20.0 Å². The van der Waals surface area contributed by atoms with Crippen LogP contribution in [0.1, 0.15) is 10.5 Å². The quantitative estimate of drug-likeness (QED) is 0.425. The van der Waals surface area contributed by atoms with E-state index in [1.165, 1.54) is 4.68 Å². The summed E-state index contributed by atoms with van der Waals surface area (Å²) in [5.41, 5.74) is 9.28. The molecule has 0 aliphatic heterocycles. The Balaban J connectivity index is 1.64. The fraction of sp³-hybridized carbons (Fsp3) is 0. The van der Waals surface area contributed by atoms with E-state index in [0.29, 0.717) is 10.7 Å². The molecule has 5 aromatic rings. The second-order valence-corrected chi connectivity index (χ2v) is 7.13. The number of anilines is 2. The number of nitrogen functional groups attached to an aromatic ring is 1. The molecule has 0 fully saturated rings. The van der Waals surface area contributed by atoms with Gasteiger partial charge in [0.25, 0.3) is 5.91 Å². The average molecular weight is 415 g/mol. The number of fused-ring (bicyclic) bond motifs is 2. The highest BCUT2D eigenvalue weighted by atomic mass is 35.5. The van der Waals surface area contributed by atoms with Crippen LogP contribution in [0, 0.1) is 0 Å². The van der Waals surface area contributed by atoms with Crippen LogP contribution in [0.4, 0.5) is 11.5 Å². The summed E-state index contributed by atoms with van der Waals surface area (Å²) in [5.74, 6) is -0.313. The molecule has 0 radical (unpaired) electrons. The maximum Gasteiger partial charge on any atom is 0.280 e. The van der Waals surface area contributed by atoms with Crippen LogP contribution in [0.25, 0.3) is 27.5 Å². The van der Waals surface area contributed by atoms with Crippen molar-refractivity contribution >= 4 is 50.8 Å². The Labute approximate surface area is 176 Å². The number of benzene rings is 3. The van der Waals surface area contributed by atoms with E-state index < -0.39 is 5.91 Å². The van der Waals surface area contributed by atoms with Gasteiger partial charge in [0, 0.05) is 21.5 Å². The average Bonchev–Trinajstić information content (AvgIpc) is 3.14. The molecule has 2 aromatic heterocycles. The molecule has 8 heteroatoms. The van der Waals surface area contributed by atoms with E-state index in [-0.39, 0.29) is 11.5 Å². The summed E-state index contributed by atoms with van der Waals surface area (Å²) in [7, 11) is 0. The molecular weight excluding hydrogens is 400 g/mol. The summed E-state index contributed by atoms with van der Waals surface area (Å²) in [5, 5.41) is 13.3. The standard InChI is InChI=1S/C22H15ClN6O/c23-13-9-11-14(12-10-13)25-22(30)19-21(24)29(28-27-19)20-15-5-1-3-7-17(15)26-18-8-4-2-6-16(18)20/h1-12H,24H2,(H,25,30). The summed E-state index contributed by atoms with van der Waals surface area (Å²) >= 11 is 5.89. The van der Waals surface area contributed by atoms with Gasteiger partial charge in [0.2, 0.25) is 0 Å². The lowest BCUT2D eigenvalue weighted by Crippen LogP contribution is -2.15. The monoisotopic (exact) mass is 414 g/mol. The third-order valence-corrected chi connectivity index (χ3v) is 5.05. The minimum Gasteiger partial charge on any atom is -0.382 e. The van der Waals surface area contributed by atoms with E-state index in [0.717, 1.165) is 27.5 Å². The molecule has 5 rings (SSSR count). The molecule has 0 aliphatic carbocycles. The molecule has 3 N–H and O–H groups in total. The van der Waals surface area contributed by atoms with Crippen molar-refractivity contribution in [1.29, 1.82) is 0 Å². The Hall–Kier alpha value is -3.97. The molecule has 7 nitrogen and oxygen atoms in total. The largest absolute Gasteiger partial charge is 0.382 e. The molecule has 0 atom stereocenters. The zero-order valence-corrected chi connectivity index (χ0v) is 16.3. The highest BCUT2D eigenvalue weighted by Gasteiger charge is 2.21. The van der Waals surface area contributed by atoms with Crippen LogP contribution in [0.2, 0.25) is 5.02 Å². The third-order valence-electron chi connectivity index (χ3n) is 4.79. The first kappa shape index (κ1) is 18.1. The fourth-order valence-corrected chi connectivity index (χ4v) is 3.51. The molecule has 30 heavy (non-hydrogen) atoms. The number of amides is 1. The van der Waals surface area contributed by atoms with E-state index in [4.69, 9.17) is 22.3 Å². The first-order valence-corrected chi connectivity index (χ1v) is 9.55. The van der Waals surface area contributed by atoms with Crippen molar-refractivity contribution in [3.05, 3.63) is 83.5 Å². The van der Waals surface area contributed by atoms with E-state index in [1.807, 2.05) is 48.5 Å². The zero-order valence-electron chi connectivity index (χ0n) is 15.6. The number of carbonyl (C=O) groups is 1. The van der Waals surface area contributed by atoms with Crippen molar-refractivity contribution < 1.29 is 4.79 Å². The number of pyridine rings is 1. The van der Waals surface area contributed by atoms with Crippen LogP contribution in [-0.4, -0.2) is 25.9 Å². The molecule has 0 saturated carbocycles. The Bertz CT molecular complexity index is 1360. The van der Waals surface area contributed by atoms with Crippen molar-refractivity contribution in [2.75, 3.05) is 11.1 Å². The van der Waals surface area contributed by atoms with Gasteiger partial charge in [-0.25, -0.2) is 4.98 Å². The van der Waals surface area contributed by atoms with Gasteiger partial charge in [0.15, 0.2) is 11.5 Å². The van der Waals surface area contributed by atoms with Crippen molar-refractivity contribution in [2.45, 2.75) is 0 Å². The van der Waals surface area contributed by atoms with Gasteiger partial charge < -0.3 is 11.1 Å². The van der Waals surface area contributed by atoms with Crippen LogP contribution < -0.4 is 11.1 Å². The van der Waals surface area contributed by atoms with Crippen LogP contribution >= 0.6 is 11.6 Å². The van der Waals surface area contributed by atoms with Gasteiger partial charge in [0.1, 0.15) is 0 Å². The SMILES string of the molecule is Nc1c(C(=O)Nc2ccc(Cl)cc2)nnn1-c1c2ccccc2nc2ccccc12. The normalized spacial score (nSPS) is 11.1. The number of hydrogen-bond acceptors (Lipinski definition) is 5. The van der Waals surface area contributed by atoms with E-state index in [2.05, 4.69) is 15.6 Å². The second kappa shape index (κ2) is 7.13. The summed E-state index contributed by atoms with van der Waals surface area (Å²) in [4.78, 5) is 17.4. The van der Waals surface area contributed by atoms with Crippen LogP contribution in [-0.2, 0) is 0 Å². The van der Waals surface area contributed by atoms with Gasteiger partial charge >= 0.3 is 0 Å². The Morgan fingerprint density at radius 2 is 1.50 bits per heavy atom. The molecular formula is C22H15ClN6O. The van der Waals surface area contributed by atoms with Crippen molar-refractivity contribution in [3.8, 4) is 5.69 Å². The summed E-state index contributed by atoms with van der Waals surface area (Å²) in [6.45, 7) is 0. The van der Waals surface area contributed by atoms with Gasteiger partial charge in [0.05, 0.1) is 16.7 Å². The minimum atomic E-state index is -0.455. The maximum atomic E-state index is 12.7. The Kier molecular flexibility index (Phi) is 4.30. The molecule has 2 heterocycles. The fourth-order valence-electron chi connectivity index (χ4n) is 3.39. The van der Waals surface area contributed by atoms with E-state index in [1.54, 1.807) is 24.3 Å². The third kappa shape index (κ3) is 3.01. The molecule has 3 aromatic carbocycles. The predicted octanol–water partition coefficient (Wildman–Crippen LogP) is 4.46. The van der Waals surface area contributed by atoms with Gasteiger partial charge in [-0.1, -0.05) is 53.2 Å². The summed E-state index contributed by atoms with van der Waals surface area (Å²) in [6.07, 6.45) is 0. The van der Waals surface area contributed by atoms with Gasteiger partial charge in [-0.3, -0.25) is 4.79 Å². The molecule has 0 unspecified atom stereocenters. The Morgan fingerprint density at radius 3 is 2.13 bits per heavy atom. The highest BCUT2D eigenvalue weighted by molar-refractivity contribution is 6.30. The predicted molar refractivity (Wildman–Crippen MR) is 118 cm³/mol. The number of aromatic nitrogens is 4. The Morgan fingerprint density at radius 1 is 0.900 bits per heavy atom. The summed E-state index contributed by atoms with van der Waals surface area (Å²) in [6, 6.07) is 22.2. The number of nitrogens with two attached hydrogens (primary N) is 1.